The molecular weight excluding hydrogens is 406 g/mol. The summed E-state index contributed by atoms with van der Waals surface area (Å²) in [5.74, 6) is 0.594. The minimum Gasteiger partial charge on any atom is -0.485 e. The molecule has 0 aliphatic carbocycles. The van der Waals surface area contributed by atoms with Crippen LogP contribution in [0.25, 0.3) is 11.4 Å². The maximum absolute atomic E-state index is 12.4. The van der Waals surface area contributed by atoms with Gasteiger partial charge in [0.2, 0.25) is 6.10 Å². The van der Waals surface area contributed by atoms with E-state index in [1.807, 2.05) is 37.3 Å². The Balaban J connectivity index is 1.37. The van der Waals surface area contributed by atoms with Gasteiger partial charge in [0.15, 0.2) is 22.1 Å². The summed E-state index contributed by atoms with van der Waals surface area (Å²) in [6.45, 7) is 1.89. The fourth-order valence-electron chi connectivity index (χ4n) is 3.01. The van der Waals surface area contributed by atoms with Gasteiger partial charge >= 0.3 is 0 Å². The molecule has 154 valence electrons. The van der Waals surface area contributed by atoms with Crippen LogP contribution in [-0.2, 0) is 16.1 Å². The zero-order chi connectivity index (χ0) is 21.1. The van der Waals surface area contributed by atoms with Gasteiger partial charge in [-0.2, -0.15) is 5.10 Å². The van der Waals surface area contributed by atoms with Crippen molar-refractivity contribution >= 4 is 24.0 Å². The molecule has 2 aromatic carbocycles. The highest BCUT2D eigenvalue weighted by atomic mass is 32.1. The molecule has 1 aliphatic rings. The SMILES string of the molecule is Cc1cccc(-c2n[nH]c(=S)n2CC(=O)NNC(=O)C2COc3ccccc3O2)c1. The Hall–Kier alpha value is -3.66. The highest BCUT2D eigenvalue weighted by Gasteiger charge is 2.27. The fourth-order valence-corrected chi connectivity index (χ4v) is 3.21. The molecule has 1 atom stereocenters. The number of nitrogens with zero attached hydrogens (tertiary/aromatic N) is 2. The standard InChI is InChI=1S/C20H19N5O4S/c1-12-5-4-6-13(9-12)18-22-24-20(30)25(18)10-17(26)21-23-19(27)16-11-28-14-7-2-3-8-15(14)29-16/h2-9,16H,10-11H2,1H3,(H,21,26)(H,23,27)(H,24,30). The number of carbonyl (C=O) groups is 2. The van der Waals surface area contributed by atoms with Crippen molar-refractivity contribution in [1.82, 2.24) is 25.6 Å². The van der Waals surface area contributed by atoms with Gasteiger partial charge < -0.3 is 9.47 Å². The Kier molecular flexibility index (Phi) is 5.48. The van der Waals surface area contributed by atoms with Gasteiger partial charge in [0.05, 0.1) is 0 Å². The van der Waals surface area contributed by atoms with Gasteiger partial charge in [-0.3, -0.25) is 30.1 Å². The van der Waals surface area contributed by atoms with Crippen LogP contribution in [0.2, 0.25) is 0 Å². The average molecular weight is 425 g/mol. The number of hydrazine groups is 1. The molecule has 0 radical (unpaired) electrons. The fraction of sp³-hybridized carbons (Fsp3) is 0.200. The largest absolute Gasteiger partial charge is 0.485 e. The van der Waals surface area contributed by atoms with E-state index in [1.54, 1.807) is 22.8 Å². The molecule has 2 heterocycles. The minimum atomic E-state index is -0.876. The van der Waals surface area contributed by atoms with E-state index in [0.717, 1.165) is 11.1 Å². The third-order valence-corrected chi connectivity index (χ3v) is 4.77. The topological polar surface area (TPSA) is 110 Å². The lowest BCUT2D eigenvalue weighted by atomic mass is 10.1. The molecule has 9 nitrogen and oxygen atoms in total. The molecule has 4 rings (SSSR count). The Morgan fingerprint density at radius 1 is 1.20 bits per heavy atom. The van der Waals surface area contributed by atoms with Gasteiger partial charge in [0.25, 0.3) is 11.8 Å². The molecule has 3 N–H and O–H groups in total. The van der Waals surface area contributed by atoms with Gasteiger partial charge in [0.1, 0.15) is 13.2 Å². The van der Waals surface area contributed by atoms with Crippen molar-refractivity contribution in [2.24, 2.45) is 0 Å². The number of aromatic amines is 1. The van der Waals surface area contributed by atoms with Crippen molar-refractivity contribution in [2.45, 2.75) is 19.6 Å². The highest BCUT2D eigenvalue weighted by molar-refractivity contribution is 7.71. The summed E-state index contributed by atoms with van der Waals surface area (Å²) in [6.07, 6.45) is -0.876. The van der Waals surface area contributed by atoms with Gasteiger partial charge in [-0.15, -0.1) is 0 Å². The molecule has 30 heavy (non-hydrogen) atoms. The van der Waals surface area contributed by atoms with E-state index in [0.29, 0.717) is 22.1 Å². The lowest BCUT2D eigenvalue weighted by molar-refractivity contribution is -0.135. The minimum absolute atomic E-state index is 0.0447. The van der Waals surface area contributed by atoms with Crippen LogP contribution in [0, 0.1) is 11.7 Å². The molecule has 3 aromatic rings. The third-order valence-electron chi connectivity index (χ3n) is 4.46. The van der Waals surface area contributed by atoms with Gasteiger partial charge in [-0.05, 0) is 37.3 Å². The molecular formula is C20H19N5O4S. The molecule has 2 amide bonds. The first-order chi connectivity index (χ1) is 14.5. The Labute approximate surface area is 177 Å². The number of carbonyl (C=O) groups excluding carboxylic acids is 2. The quantitative estimate of drug-likeness (QED) is 0.435. The summed E-state index contributed by atoms with van der Waals surface area (Å²) in [5, 5.41) is 6.91. The van der Waals surface area contributed by atoms with Crippen LogP contribution in [0.5, 0.6) is 11.5 Å². The summed E-state index contributed by atoms with van der Waals surface area (Å²) in [7, 11) is 0. The molecule has 10 heteroatoms. The van der Waals surface area contributed by atoms with Gasteiger partial charge in [-0.1, -0.05) is 35.9 Å². The predicted octanol–water partition coefficient (Wildman–Crippen LogP) is 1.90. The number of para-hydroxylation sites is 2. The van der Waals surface area contributed by atoms with Crippen LogP contribution in [0.15, 0.2) is 48.5 Å². The van der Waals surface area contributed by atoms with Crippen LogP contribution in [0.3, 0.4) is 0 Å². The molecule has 0 fully saturated rings. The third kappa shape index (κ3) is 4.18. The number of ether oxygens (including phenoxy) is 2. The van der Waals surface area contributed by atoms with Crippen molar-refractivity contribution in [3.05, 3.63) is 58.9 Å². The predicted molar refractivity (Wildman–Crippen MR) is 110 cm³/mol. The van der Waals surface area contributed by atoms with Crippen LogP contribution in [0.4, 0.5) is 0 Å². The second kappa shape index (κ2) is 8.37. The van der Waals surface area contributed by atoms with Crippen molar-refractivity contribution < 1.29 is 19.1 Å². The number of hydrogen-bond donors (Lipinski definition) is 3. The first kappa shape index (κ1) is 19.6. The van der Waals surface area contributed by atoms with E-state index in [9.17, 15) is 9.59 Å². The van der Waals surface area contributed by atoms with E-state index >= 15 is 0 Å². The van der Waals surface area contributed by atoms with Gasteiger partial charge in [0, 0.05) is 5.56 Å². The van der Waals surface area contributed by atoms with Crippen molar-refractivity contribution in [1.29, 1.82) is 0 Å². The number of rotatable bonds is 4. The van der Waals surface area contributed by atoms with Crippen LogP contribution >= 0.6 is 12.2 Å². The van der Waals surface area contributed by atoms with E-state index in [1.165, 1.54) is 0 Å². The zero-order valence-electron chi connectivity index (χ0n) is 16.0. The summed E-state index contributed by atoms with van der Waals surface area (Å²) in [5.41, 5.74) is 6.62. The number of amides is 2. The lowest BCUT2D eigenvalue weighted by Gasteiger charge is -2.25. The van der Waals surface area contributed by atoms with E-state index in [2.05, 4.69) is 21.0 Å². The normalized spacial score (nSPS) is 14.8. The average Bonchev–Trinajstić information content (AvgIpc) is 3.11. The number of H-pyrrole nitrogens is 1. The number of hydrogen-bond acceptors (Lipinski definition) is 6. The first-order valence-electron chi connectivity index (χ1n) is 9.20. The summed E-state index contributed by atoms with van der Waals surface area (Å²) < 4.78 is 13.0. The summed E-state index contributed by atoms with van der Waals surface area (Å²) in [4.78, 5) is 24.7. The lowest BCUT2D eigenvalue weighted by Crippen LogP contribution is -2.51. The van der Waals surface area contributed by atoms with Crippen LogP contribution in [-0.4, -0.2) is 39.3 Å². The Morgan fingerprint density at radius 2 is 2.00 bits per heavy atom. The second-order valence-corrected chi connectivity index (χ2v) is 7.10. The molecule has 1 aliphatic heterocycles. The number of nitrogens with one attached hydrogen (secondary N) is 3. The van der Waals surface area contributed by atoms with Crippen LogP contribution < -0.4 is 20.3 Å². The first-order valence-corrected chi connectivity index (χ1v) is 9.61. The Morgan fingerprint density at radius 3 is 2.80 bits per heavy atom. The molecule has 0 saturated heterocycles. The molecule has 0 saturated carbocycles. The highest BCUT2D eigenvalue weighted by Crippen LogP contribution is 2.30. The number of aryl methyl sites for hydroxylation is 1. The smallest absolute Gasteiger partial charge is 0.283 e. The maximum atomic E-state index is 12.4. The number of benzene rings is 2. The number of fused-ring (bicyclic) bond motifs is 1. The van der Waals surface area contributed by atoms with E-state index < -0.39 is 17.9 Å². The summed E-state index contributed by atoms with van der Waals surface area (Å²) in [6, 6.07) is 14.8. The van der Waals surface area contributed by atoms with Crippen molar-refractivity contribution in [3.8, 4) is 22.9 Å². The number of aromatic nitrogens is 3. The molecule has 1 unspecified atom stereocenters. The molecule has 0 spiro atoms. The second-order valence-electron chi connectivity index (χ2n) is 6.71. The summed E-state index contributed by atoms with van der Waals surface area (Å²) >= 11 is 5.24. The molecule has 0 bridgehead atoms. The van der Waals surface area contributed by atoms with E-state index in [-0.39, 0.29) is 13.2 Å². The van der Waals surface area contributed by atoms with E-state index in [4.69, 9.17) is 21.7 Å². The van der Waals surface area contributed by atoms with Crippen molar-refractivity contribution in [2.75, 3.05) is 6.61 Å². The molecule has 1 aromatic heterocycles. The maximum Gasteiger partial charge on any atom is 0.283 e. The van der Waals surface area contributed by atoms with Crippen LogP contribution in [0.1, 0.15) is 5.56 Å². The van der Waals surface area contributed by atoms with Gasteiger partial charge in [-0.25, -0.2) is 0 Å². The van der Waals surface area contributed by atoms with Crippen molar-refractivity contribution in [3.63, 3.8) is 0 Å². The monoisotopic (exact) mass is 425 g/mol. The zero-order valence-corrected chi connectivity index (χ0v) is 16.9. The Bertz CT molecular complexity index is 1160.